The van der Waals surface area contributed by atoms with Crippen LogP contribution in [-0.2, 0) is 0 Å². The van der Waals surface area contributed by atoms with Crippen LogP contribution in [0.15, 0.2) is 53.5 Å². The summed E-state index contributed by atoms with van der Waals surface area (Å²) in [4.78, 5) is 7.47. The van der Waals surface area contributed by atoms with Gasteiger partial charge in [0.2, 0.25) is 0 Å². The standard InChI is InChI=1S/C16H12N3S/c17-19-11-14-3-1-2-4-15(14)12-5-7-13(8-6-12)16-18-9-10-20-16/h1-8H,9-10H2/q+1. The van der Waals surface area contributed by atoms with Gasteiger partial charge in [0.1, 0.15) is 5.56 Å². The van der Waals surface area contributed by atoms with Crippen LogP contribution in [0.3, 0.4) is 0 Å². The first kappa shape index (κ1) is 12.8. The molecule has 2 radical (unpaired) electrons. The molecule has 0 saturated heterocycles. The third-order valence-electron chi connectivity index (χ3n) is 3.13. The Kier molecular flexibility index (Phi) is 3.71. The Morgan fingerprint density at radius 3 is 2.50 bits per heavy atom. The van der Waals surface area contributed by atoms with E-state index in [1.165, 1.54) is 0 Å². The van der Waals surface area contributed by atoms with E-state index in [2.05, 4.69) is 40.3 Å². The van der Waals surface area contributed by atoms with Gasteiger partial charge >= 0.3 is 11.9 Å². The summed E-state index contributed by atoms with van der Waals surface area (Å²) in [7, 11) is 0. The molecule has 0 fully saturated rings. The summed E-state index contributed by atoms with van der Waals surface area (Å²) in [6, 6.07) is 18.6. The van der Waals surface area contributed by atoms with Crippen molar-refractivity contribution < 1.29 is 0 Å². The molecule has 0 spiro atoms. The highest BCUT2D eigenvalue weighted by Crippen LogP contribution is 2.26. The molecule has 0 saturated carbocycles. The van der Waals surface area contributed by atoms with Gasteiger partial charge in [0, 0.05) is 23.4 Å². The van der Waals surface area contributed by atoms with E-state index in [-0.39, 0.29) is 0 Å². The van der Waals surface area contributed by atoms with Crippen molar-refractivity contribution in [2.24, 2.45) is 4.99 Å². The van der Waals surface area contributed by atoms with E-state index in [1.54, 1.807) is 11.8 Å². The van der Waals surface area contributed by atoms with E-state index in [0.29, 0.717) is 0 Å². The zero-order valence-electron chi connectivity index (χ0n) is 10.8. The van der Waals surface area contributed by atoms with Crippen LogP contribution >= 0.6 is 11.8 Å². The molecule has 0 N–H and O–H groups in total. The minimum atomic E-state index is 0.773. The van der Waals surface area contributed by atoms with Gasteiger partial charge in [-0.2, -0.15) is 0 Å². The van der Waals surface area contributed by atoms with Crippen molar-refractivity contribution in [3.05, 3.63) is 64.6 Å². The number of nitrogens with zero attached hydrogens (tertiary/aromatic N) is 3. The second-order valence-corrected chi connectivity index (χ2v) is 5.45. The predicted octanol–water partition coefficient (Wildman–Crippen LogP) is 3.51. The summed E-state index contributed by atoms with van der Waals surface area (Å²) in [6.07, 6.45) is 0. The maximum Gasteiger partial charge on any atom is 0.363 e. The lowest BCUT2D eigenvalue weighted by Gasteiger charge is -2.04. The molecular weight excluding hydrogens is 266 g/mol. The van der Waals surface area contributed by atoms with Gasteiger partial charge in [0.25, 0.3) is 0 Å². The van der Waals surface area contributed by atoms with Gasteiger partial charge in [-0.3, -0.25) is 4.99 Å². The fourth-order valence-electron chi connectivity index (χ4n) is 2.19. The molecule has 0 atom stereocenters. The summed E-state index contributed by atoms with van der Waals surface area (Å²) >= 11 is 1.80. The Labute approximate surface area is 122 Å². The molecule has 3 nitrogen and oxygen atoms in total. The van der Waals surface area contributed by atoms with Gasteiger partial charge < -0.3 is 0 Å². The monoisotopic (exact) mass is 278 g/mol. The fourth-order valence-corrected chi connectivity index (χ4v) is 3.05. The average molecular weight is 278 g/mol. The van der Waals surface area contributed by atoms with E-state index < -0.39 is 0 Å². The minimum Gasteiger partial charge on any atom is -0.277 e. The predicted molar refractivity (Wildman–Crippen MR) is 84.2 cm³/mol. The van der Waals surface area contributed by atoms with E-state index in [1.807, 2.05) is 24.3 Å². The summed E-state index contributed by atoms with van der Waals surface area (Å²) < 4.78 is 0. The highest BCUT2D eigenvalue weighted by Gasteiger charge is 2.11. The molecule has 2 aromatic carbocycles. The van der Waals surface area contributed by atoms with Crippen molar-refractivity contribution in [2.45, 2.75) is 0 Å². The fraction of sp³-hybridized carbons (Fsp3) is 0.125. The molecule has 1 aliphatic rings. The third kappa shape index (κ3) is 2.54. The quantitative estimate of drug-likeness (QED) is 0.775. The Hall–Kier alpha value is -2.25. The van der Waals surface area contributed by atoms with Crippen molar-refractivity contribution >= 4 is 16.8 Å². The molecule has 2 aromatic rings. The number of hydrogen-bond donors (Lipinski definition) is 0. The van der Waals surface area contributed by atoms with Crippen molar-refractivity contribution in [3.8, 4) is 17.2 Å². The molecule has 0 bridgehead atoms. The number of benzene rings is 2. The van der Waals surface area contributed by atoms with E-state index in [4.69, 9.17) is 5.84 Å². The topological polar surface area (TPSA) is 39.0 Å². The van der Waals surface area contributed by atoms with Crippen molar-refractivity contribution in [1.82, 2.24) is 5.84 Å². The second kappa shape index (κ2) is 5.81. The first-order valence-electron chi connectivity index (χ1n) is 6.35. The Morgan fingerprint density at radius 1 is 1.05 bits per heavy atom. The van der Waals surface area contributed by atoms with Crippen molar-refractivity contribution in [3.63, 3.8) is 0 Å². The maximum absolute atomic E-state index is 8.67. The Balaban J connectivity index is 1.96. The van der Waals surface area contributed by atoms with Gasteiger partial charge in [-0.1, -0.05) is 42.5 Å². The highest BCUT2D eigenvalue weighted by atomic mass is 32.2. The molecule has 0 aromatic heterocycles. The largest absolute Gasteiger partial charge is 0.363 e. The molecule has 4 heteroatoms. The van der Waals surface area contributed by atoms with Crippen LogP contribution < -0.4 is 5.84 Å². The molecule has 96 valence electrons. The minimum absolute atomic E-state index is 0.773. The molecule has 3 rings (SSSR count). The van der Waals surface area contributed by atoms with Crippen LogP contribution in [0.2, 0.25) is 0 Å². The number of thioether (sulfide) groups is 1. The van der Waals surface area contributed by atoms with Gasteiger partial charge in [-0.05, 0) is 11.6 Å². The Morgan fingerprint density at radius 2 is 1.80 bits per heavy atom. The van der Waals surface area contributed by atoms with Crippen LogP contribution in [0.4, 0.5) is 0 Å². The average Bonchev–Trinajstić information content (AvgIpc) is 3.03. The summed E-state index contributed by atoms with van der Waals surface area (Å²) in [6.45, 7) is 0.909. The number of rotatable bonds is 2. The van der Waals surface area contributed by atoms with Crippen molar-refractivity contribution in [2.75, 3.05) is 12.3 Å². The zero-order valence-corrected chi connectivity index (χ0v) is 11.6. The number of hydrogen-bond acceptors (Lipinski definition) is 2. The van der Waals surface area contributed by atoms with E-state index in [9.17, 15) is 0 Å². The first-order chi connectivity index (χ1) is 9.88. The number of aliphatic imine (C=N–C) groups is 1. The summed E-state index contributed by atoms with van der Waals surface area (Å²) in [5, 5.41) is 1.12. The molecule has 1 heterocycles. The van der Waals surface area contributed by atoms with Gasteiger partial charge in [0.15, 0.2) is 4.95 Å². The maximum atomic E-state index is 8.67. The summed E-state index contributed by atoms with van der Waals surface area (Å²) in [5.41, 5.74) is 4.01. The summed E-state index contributed by atoms with van der Waals surface area (Å²) in [5.74, 6) is 9.75. The van der Waals surface area contributed by atoms with Gasteiger partial charge in [-0.15, -0.1) is 11.8 Å². The molecule has 0 aliphatic carbocycles. The lowest BCUT2D eigenvalue weighted by molar-refractivity contribution is 1.17. The van der Waals surface area contributed by atoms with Crippen LogP contribution in [0.5, 0.6) is 0 Å². The second-order valence-electron chi connectivity index (χ2n) is 4.37. The lowest BCUT2D eigenvalue weighted by Crippen LogP contribution is -1.92. The Bertz CT molecular complexity index is 708. The van der Waals surface area contributed by atoms with E-state index in [0.717, 1.165) is 39.6 Å². The molecule has 0 unspecified atom stereocenters. The third-order valence-corrected chi connectivity index (χ3v) is 4.15. The van der Waals surface area contributed by atoms with Crippen LogP contribution in [-0.4, -0.2) is 17.3 Å². The molecular formula is C16H12N3S+. The smallest absolute Gasteiger partial charge is 0.277 e. The van der Waals surface area contributed by atoms with Gasteiger partial charge in [0.05, 0.1) is 5.04 Å². The highest BCUT2D eigenvalue weighted by molar-refractivity contribution is 8.14. The lowest BCUT2D eigenvalue weighted by atomic mass is 9.99. The van der Waals surface area contributed by atoms with Crippen LogP contribution in [0.1, 0.15) is 11.1 Å². The molecule has 0 amide bonds. The van der Waals surface area contributed by atoms with Gasteiger partial charge in [-0.25, -0.2) is 0 Å². The normalized spacial score (nSPS) is 13.5. The van der Waals surface area contributed by atoms with Crippen LogP contribution in [0.25, 0.3) is 16.1 Å². The zero-order chi connectivity index (χ0) is 13.8. The van der Waals surface area contributed by atoms with Crippen LogP contribution in [0, 0.1) is 6.07 Å². The SMILES string of the molecule is [N][N+]#Cc1ccccc1-c1ccc(C2=NCCS2)cc1. The molecule has 20 heavy (non-hydrogen) atoms. The first-order valence-corrected chi connectivity index (χ1v) is 7.34. The molecule has 1 aliphatic heterocycles. The van der Waals surface area contributed by atoms with Crippen molar-refractivity contribution in [1.29, 1.82) is 0 Å². The van der Waals surface area contributed by atoms with E-state index >= 15 is 0 Å².